The van der Waals surface area contributed by atoms with Gasteiger partial charge in [0.15, 0.2) is 0 Å². The van der Waals surface area contributed by atoms with Gasteiger partial charge in [-0.15, -0.1) is 11.3 Å². The maximum absolute atomic E-state index is 13.6. The van der Waals surface area contributed by atoms with Gasteiger partial charge in [0.05, 0.1) is 23.3 Å². The summed E-state index contributed by atoms with van der Waals surface area (Å²) in [5.74, 6) is 0.442. The minimum absolute atomic E-state index is 0.0715. The molecule has 0 saturated heterocycles. The van der Waals surface area contributed by atoms with Crippen molar-refractivity contribution in [2.45, 2.75) is 45.8 Å². The number of fused-ring (bicyclic) bond motifs is 3. The lowest BCUT2D eigenvalue weighted by Crippen LogP contribution is -2.32. The number of rotatable bonds is 5. The third kappa shape index (κ3) is 3.31. The number of benzene rings is 1. The summed E-state index contributed by atoms with van der Waals surface area (Å²) in [6.07, 6.45) is 1.47. The van der Waals surface area contributed by atoms with Crippen molar-refractivity contribution in [3.05, 3.63) is 63.4 Å². The van der Waals surface area contributed by atoms with Gasteiger partial charge in [0.25, 0.3) is 5.56 Å². The van der Waals surface area contributed by atoms with E-state index in [9.17, 15) is 4.79 Å². The zero-order chi connectivity index (χ0) is 19.9. The van der Waals surface area contributed by atoms with Crippen molar-refractivity contribution in [1.82, 2.24) is 15.0 Å². The summed E-state index contributed by atoms with van der Waals surface area (Å²) < 4.78 is 7.55. The van der Waals surface area contributed by atoms with E-state index < -0.39 is 0 Å². The number of para-hydroxylation sites is 1. The zero-order valence-electron chi connectivity index (χ0n) is 16.3. The number of ether oxygens (including phenoxy) is 1. The Labute approximate surface area is 167 Å². The van der Waals surface area contributed by atoms with Crippen LogP contribution < -0.4 is 16.4 Å². The molecule has 3 aromatic rings. The Balaban J connectivity index is 1.93. The molecule has 2 N–H and O–H groups in total. The van der Waals surface area contributed by atoms with Crippen LogP contribution in [0.5, 0.6) is 0 Å². The number of hydrogen-bond acceptors (Lipinski definition) is 6. The van der Waals surface area contributed by atoms with Gasteiger partial charge in [0, 0.05) is 17.0 Å². The molecule has 6 nitrogen and oxygen atoms in total. The molecule has 0 unspecified atom stereocenters. The summed E-state index contributed by atoms with van der Waals surface area (Å²) in [5.41, 5.74) is 8.39. The molecular weight excluding hydrogens is 372 g/mol. The molecule has 3 heterocycles. The highest BCUT2D eigenvalue weighted by Crippen LogP contribution is 2.37. The van der Waals surface area contributed by atoms with Gasteiger partial charge in [-0.1, -0.05) is 31.7 Å². The number of anilines is 1. The highest BCUT2D eigenvalue weighted by atomic mass is 32.1. The zero-order valence-corrected chi connectivity index (χ0v) is 17.2. The van der Waals surface area contributed by atoms with E-state index >= 15 is 0 Å². The van der Waals surface area contributed by atoms with Crippen molar-refractivity contribution < 1.29 is 4.74 Å². The molecule has 0 spiro atoms. The molecule has 7 heteroatoms. The van der Waals surface area contributed by atoms with Crippen LogP contribution in [0.4, 0.5) is 5.95 Å². The van der Waals surface area contributed by atoms with E-state index in [2.05, 4.69) is 31.3 Å². The van der Waals surface area contributed by atoms with E-state index in [0.29, 0.717) is 24.4 Å². The number of hydrazine groups is 1. The largest absolute Gasteiger partial charge is 0.370 e. The second kappa shape index (κ2) is 7.07. The fourth-order valence-corrected chi connectivity index (χ4v) is 4.42. The van der Waals surface area contributed by atoms with E-state index in [1.165, 1.54) is 11.3 Å². The Morgan fingerprint density at radius 2 is 2.11 bits per heavy atom. The normalized spacial score (nSPS) is 15.2. The SMILES string of the molecule is C=C(CC)NNc1nc2sc3c(c2c(=O)n1-c1ccccc1)CC(C)(C)OC3. The van der Waals surface area contributed by atoms with Crippen LogP contribution in [0, 0.1) is 0 Å². The minimum Gasteiger partial charge on any atom is -0.370 e. The first-order chi connectivity index (χ1) is 13.4. The topological polar surface area (TPSA) is 68.2 Å². The molecule has 1 aliphatic heterocycles. The molecule has 146 valence electrons. The van der Waals surface area contributed by atoms with E-state index in [1.807, 2.05) is 37.3 Å². The number of thiophene rings is 1. The summed E-state index contributed by atoms with van der Waals surface area (Å²) in [4.78, 5) is 20.2. The van der Waals surface area contributed by atoms with Crippen LogP contribution in [0.1, 0.15) is 37.6 Å². The van der Waals surface area contributed by atoms with Crippen molar-refractivity contribution in [3.63, 3.8) is 0 Å². The van der Waals surface area contributed by atoms with Crippen molar-refractivity contribution in [2.75, 3.05) is 5.43 Å². The second-order valence-electron chi connectivity index (χ2n) is 7.53. The van der Waals surface area contributed by atoms with Crippen molar-refractivity contribution in [2.24, 2.45) is 0 Å². The lowest BCUT2D eigenvalue weighted by atomic mass is 9.94. The molecule has 0 aliphatic carbocycles. The van der Waals surface area contributed by atoms with Crippen molar-refractivity contribution in [3.8, 4) is 5.69 Å². The Morgan fingerprint density at radius 3 is 2.82 bits per heavy atom. The van der Waals surface area contributed by atoms with Gasteiger partial charge in [0.1, 0.15) is 4.83 Å². The lowest BCUT2D eigenvalue weighted by Gasteiger charge is -2.30. The third-order valence-corrected chi connectivity index (χ3v) is 6.00. The predicted molar refractivity (Wildman–Crippen MR) is 114 cm³/mol. The Bertz CT molecular complexity index is 1100. The van der Waals surface area contributed by atoms with Gasteiger partial charge >= 0.3 is 0 Å². The average molecular weight is 397 g/mol. The van der Waals surface area contributed by atoms with Gasteiger partial charge < -0.3 is 10.2 Å². The summed E-state index contributed by atoms with van der Waals surface area (Å²) in [6, 6.07) is 9.56. The first-order valence-electron chi connectivity index (χ1n) is 9.36. The van der Waals surface area contributed by atoms with Crippen LogP contribution in [0.25, 0.3) is 15.9 Å². The molecule has 0 saturated carbocycles. The minimum atomic E-state index is -0.289. The average Bonchev–Trinajstić information content (AvgIpc) is 3.03. The molecule has 28 heavy (non-hydrogen) atoms. The standard InChI is InChI=1S/C21H24N4O2S/c1-5-13(2)23-24-20-22-18-17(15-11-21(3,4)27-12-16(15)28-18)19(26)25(20)14-9-7-6-8-10-14/h6-10,23H,2,5,11-12H2,1,3-4H3,(H,22,24). The maximum Gasteiger partial charge on any atom is 0.268 e. The molecule has 1 aliphatic rings. The van der Waals surface area contributed by atoms with Crippen molar-refractivity contribution >= 4 is 27.5 Å². The first-order valence-corrected chi connectivity index (χ1v) is 10.2. The molecule has 4 rings (SSSR count). The Morgan fingerprint density at radius 1 is 1.36 bits per heavy atom. The van der Waals surface area contributed by atoms with Gasteiger partial charge in [-0.05, 0) is 38.0 Å². The number of nitrogens with one attached hydrogen (secondary N) is 2. The van der Waals surface area contributed by atoms with Crippen molar-refractivity contribution in [1.29, 1.82) is 0 Å². The van der Waals surface area contributed by atoms with Gasteiger partial charge in [0.2, 0.25) is 5.95 Å². The summed E-state index contributed by atoms with van der Waals surface area (Å²) in [7, 11) is 0. The van der Waals surface area contributed by atoms with Crippen LogP contribution >= 0.6 is 11.3 Å². The van der Waals surface area contributed by atoms with E-state index in [-0.39, 0.29) is 11.2 Å². The molecular formula is C21H24N4O2S. The highest BCUT2D eigenvalue weighted by molar-refractivity contribution is 7.18. The first kappa shape index (κ1) is 18.7. The summed E-state index contributed by atoms with van der Waals surface area (Å²) in [6.45, 7) is 10.6. The molecule has 0 atom stereocenters. The Hall–Kier alpha value is -2.64. The van der Waals surface area contributed by atoms with Crippen LogP contribution in [-0.2, 0) is 17.8 Å². The summed E-state index contributed by atoms with van der Waals surface area (Å²) >= 11 is 1.53. The van der Waals surface area contributed by atoms with Gasteiger partial charge in [-0.3, -0.25) is 10.2 Å². The fraction of sp³-hybridized carbons (Fsp3) is 0.333. The molecule has 1 aromatic carbocycles. The summed E-state index contributed by atoms with van der Waals surface area (Å²) in [5, 5.41) is 0.695. The maximum atomic E-state index is 13.6. The van der Waals surface area contributed by atoms with E-state index in [1.54, 1.807) is 4.57 Å². The van der Waals surface area contributed by atoms with Crippen LogP contribution in [-0.4, -0.2) is 15.2 Å². The molecule has 0 bridgehead atoms. The second-order valence-corrected chi connectivity index (χ2v) is 8.61. The number of aromatic nitrogens is 2. The quantitative estimate of drug-likeness (QED) is 0.635. The fourth-order valence-electron chi connectivity index (χ4n) is 3.33. The third-order valence-electron chi connectivity index (χ3n) is 4.90. The van der Waals surface area contributed by atoms with E-state index in [0.717, 1.165) is 33.1 Å². The number of nitrogens with zero attached hydrogens (tertiary/aromatic N) is 2. The number of hydrogen-bond donors (Lipinski definition) is 2. The van der Waals surface area contributed by atoms with Crippen LogP contribution in [0.3, 0.4) is 0 Å². The Kier molecular flexibility index (Phi) is 4.72. The predicted octanol–water partition coefficient (Wildman–Crippen LogP) is 4.14. The highest BCUT2D eigenvalue weighted by Gasteiger charge is 2.31. The smallest absolute Gasteiger partial charge is 0.268 e. The molecule has 0 amide bonds. The molecule has 2 aromatic heterocycles. The van der Waals surface area contributed by atoms with Crippen LogP contribution in [0.15, 0.2) is 47.4 Å². The van der Waals surface area contributed by atoms with E-state index in [4.69, 9.17) is 9.72 Å². The monoisotopic (exact) mass is 396 g/mol. The molecule has 0 radical (unpaired) electrons. The van der Waals surface area contributed by atoms with Crippen LogP contribution in [0.2, 0.25) is 0 Å². The van der Waals surface area contributed by atoms with Gasteiger partial charge in [-0.25, -0.2) is 9.55 Å². The lowest BCUT2D eigenvalue weighted by molar-refractivity contribution is -0.0379. The van der Waals surface area contributed by atoms with Gasteiger partial charge in [-0.2, -0.15) is 0 Å². The molecule has 0 fully saturated rings. The number of allylic oxidation sites excluding steroid dienone is 1.